The summed E-state index contributed by atoms with van der Waals surface area (Å²) in [6, 6.07) is 0.0460. The maximum Gasteiger partial charge on any atom is 0.237 e. The molecular weight excluding hydrogens is 214 g/mol. The van der Waals surface area contributed by atoms with Crippen LogP contribution < -0.4 is 10.6 Å². The summed E-state index contributed by atoms with van der Waals surface area (Å²) in [7, 11) is 2.11. The molecule has 100 valence electrons. The van der Waals surface area contributed by atoms with Crippen molar-refractivity contribution in [1.29, 1.82) is 0 Å². The number of unbranched alkanes of at least 4 members (excludes halogenated alkanes) is 1. The topological polar surface area (TPSA) is 44.4 Å². The number of nitrogens with zero attached hydrogens (tertiary/aromatic N) is 1. The molecule has 1 rings (SSSR count). The van der Waals surface area contributed by atoms with Crippen LogP contribution in [0.4, 0.5) is 0 Å². The van der Waals surface area contributed by atoms with Crippen molar-refractivity contribution in [3.05, 3.63) is 0 Å². The minimum atomic E-state index is 0.0460. The zero-order chi connectivity index (χ0) is 12.5. The fourth-order valence-electron chi connectivity index (χ4n) is 2.11. The summed E-state index contributed by atoms with van der Waals surface area (Å²) in [6.45, 7) is 6.00. The van der Waals surface area contributed by atoms with Crippen molar-refractivity contribution in [2.75, 3.05) is 33.2 Å². The lowest BCUT2D eigenvalue weighted by molar-refractivity contribution is -0.123. The van der Waals surface area contributed by atoms with Gasteiger partial charge in [-0.05, 0) is 39.4 Å². The highest BCUT2D eigenvalue weighted by molar-refractivity contribution is 5.81. The van der Waals surface area contributed by atoms with Crippen molar-refractivity contribution in [2.45, 2.75) is 45.1 Å². The fourth-order valence-corrected chi connectivity index (χ4v) is 2.11. The van der Waals surface area contributed by atoms with Gasteiger partial charge in [-0.1, -0.05) is 19.8 Å². The van der Waals surface area contributed by atoms with Gasteiger partial charge >= 0.3 is 0 Å². The summed E-state index contributed by atoms with van der Waals surface area (Å²) in [4.78, 5) is 14.1. The smallest absolute Gasteiger partial charge is 0.237 e. The van der Waals surface area contributed by atoms with Crippen LogP contribution in [0.1, 0.15) is 39.0 Å². The lowest BCUT2D eigenvalue weighted by Crippen LogP contribution is -2.48. The van der Waals surface area contributed by atoms with E-state index in [1.54, 1.807) is 0 Å². The van der Waals surface area contributed by atoms with E-state index in [-0.39, 0.29) is 11.9 Å². The zero-order valence-corrected chi connectivity index (χ0v) is 11.3. The van der Waals surface area contributed by atoms with Crippen LogP contribution in [0.25, 0.3) is 0 Å². The molecule has 0 aromatic rings. The molecule has 1 aliphatic heterocycles. The summed E-state index contributed by atoms with van der Waals surface area (Å²) in [6.07, 6.45) is 5.81. The number of likely N-dealkylation sites (N-methyl/N-ethyl adjacent to an activating group) is 1. The van der Waals surface area contributed by atoms with E-state index in [1.807, 2.05) is 0 Å². The van der Waals surface area contributed by atoms with Gasteiger partial charge < -0.3 is 15.5 Å². The molecule has 1 aliphatic rings. The average molecular weight is 241 g/mol. The Bertz CT molecular complexity index is 215. The van der Waals surface area contributed by atoms with Crippen LogP contribution in [-0.2, 0) is 4.79 Å². The maximum atomic E-state index is 11.8. The molecule has 1 atom stereocenters. The molecular formula is C13H27N3O. The number of amides is 1. The Labute approximate surface area is 105 Å². The van der Waals surface area contributed by atoms with Crippen LogP contribution in [0.3, 0.4) is 0 Å². The first kappa shape index (κ1) is 14.5. The Kier molecular flexibility index (Phi) is 7.21. The molecule has 0 unspecified atom stereocenters. The summed E-state index contributed by atoms with van der Waals surface area (Å²) in [5.41, 5.74) is 0. The van der Waals surface area contributed by atoms with E-state index in [0.29, 0.717) is 0 Å². The molecule has 2 N–H and O–H groups in total. The minimum Gasteiger partial charge on any atom is -0.353 e. The van der Waals surface area contributed by atoms with Gasteiger partial charge in [0.2, 0.25) is 5.91 Å². The van der Waals surface area contributed by atoms with Gasteiger partial charge in [-0.3, -0.25) is 4.79 Å². The maximum absolute atomic E-state index is 11.8. The SMILES string of the molecule is CCCCN(C)CCNC(=O)[C@H]1CCCCN1. The number of carbonyl (C=O) groups excluding carboxylic acids is 1. The van der Waals surface area contributed by atoms with Crippen molar-refractivity contribution in [3.8, 4) is 0 Å². The van der Waals surface area contributed by atoms with Crippen molar-refractivity contribution in [2.24, 2.45) is 0 Å². The number of piperidine rings is 1. The van der Waals surface area contributed by atoms with E-state index in [1.165, 1.54) is 25.7 Å². The minimum absolute atomic E-state index is 0.0460. The molecule has 0 aromatic heterocycles. The highest BCUT2D eigenvalue weighted by Crippen LogP contribution is 2.06. The number of carbonyl (C=O) groups is 1. The largest absolute Gasteiger partial charge is 0.353 e. The first-order chi connectivity index (χ1) is 8.24. The van der Waals surface area contributed by atoms with Crippen LogP contribution >= 0.6 is 0 Å². The first-order valence-corrected chi connectivity index (χ1v) is 6.93. The lowest BCUT2D eigenvalue weighted by Gasteiger charge is -2.23. The van der Waals surface area contributed by atoms with Gasteiger partial charge in [-0.15, -0.1) is 0 Å². The quantitative estimate of drug-likeness (QED) is 0.698. The molecule has 0 aliphatic carbocycles. The average Bonchev–Trinajstić information content (AvgIpc) is 2.37. The molecule has 0 spiro atoms. The predicted octanol–water partition coefficient (Wildman–Crippen LogP) is 0.977. The Hall–Kier alpha value is -0.610. The van der Waals surface area contributed by atoms with Crippen LogP contribution in [0.5, 0.6) is 0 Å². The summed E-state index contributed by atoms with van der Waals surface area (Å²) >= 11 is 0. The highest BCUT2D eigenvalue weighted by Gasteiger charge is 2.19. The highest BCUT2D eigenvalue weighted by atomic mass is 16.2. The van der Waals surface area contributed by atoms with Crippen LogP contribution in [0.15, 0.2) is 0 Å². The van der Waals surface area contributed by atoms with E-state index in [0.717, 1.165) is 32.6 Å². The van der Waals surface area contributed by atoms with Gasteiger partial charge in [0.05, 0.1) is 6.04 Å². The summed E-state index contributed by atoms with van der Waals surface area (Å²) in [5, 5.41) is 6.28. The standard InChI is InChI=1S/C13H27N3O/c1-3-4-10-16(2)11-9-15-13(17)12-7-5-6-8-14-12/h12,14H,3-11H2,1-2H3,(H,15,17)/t12-/m1/s1. The second-order valence-electron chi connectivity index (χ2n) is 4.95. The van der Waals surface area contributed by atoms with Gasteiger partial charge in [0, 0.05) is 13.1 Å². The Morgan fingerprint density at radius 2 is 2.24 bits per heavy atom. The molecule has 0 bridgehead atoms. The van der Waals surface area contributed by atoms with E-state index in [9.17, 15) is 4.79 Å². The summed E-state index contributed by atoms with van der Waals surface area (Å²) < 4.78 is 0. The third-order valence-corrected chi connectivity index (χ3v) is 3.31. The zero-order valence-electron chi connectivity index (χ0n) is 11.3. The normalized spacial score (nSPS) is 20.5. The van der Waals surface area contributed by atoms with Gasteiger partial charge in [0.25, 0.3) is 0 Å². The Morgan fingerprint density at radius 3 is 2.88 bits per heavy atom. The molecule has 1 heterocycles. The number of nitrogens with one attached hydrogen (secondary N) is 2. The lowest BCUT2D eigenvalue weighted by atomic mass is 10.0. The molecule has 4 heteroatoms. The van der Waals surface area contributed by atoms with Crippen molar-refractivity contribution < 1.29 is 4.79 Å². The van der Waals surface area contributed by atoms with Crippen molar-refractivity contribution >= 4 is 5.91 Å². The van der Waals surface area contributed by atoms with Gasteiger partial charge in [-0.2, -0.15) is 0 Å². The molecule has 0 aromatic carbocycles. The summed E-state index contributed by atoms with van der Waals surface area (Å²) in [5.74, 6) is 0.175. The van der Waals surface area contributed by atoms with Crippen LogP contribution in [0, 0.1) is 0 Å². The molecule has 17 heavy (non-hydrogen) atoms. The Balaban J connectivity index is 2.06. The monoisotopic (exact) mass is 241 g/mol. The molecule has 4 nitrogen and oxygen atoms in total. The second-order valence-corrected chi connectivity index (χ2v) is 4.95. The molecule has 1 amide bonds. The predicted molar refractivity (Wildman–Crippen MR) is 71.1 cm³/mol. The number of rotatable bonds is 7. The Morgan fingerprint density at radius 1 is 1.41 bits per heavy atom. The fraction of sp³-hybridized carbons (Fsp3) is 0.923. The number of hydrogen-bond donors (Lipinski definition) is 2. The first-order valence-electron chi connectivity index (χ1n) is 6.93. The second kappa shape index (κ2) is 8.48. The van der Waals surface area contributed by atoms with Crippen LogP contribution in [0.2, 0.25) is 0 Å². The van der Waals surface area contributed by atoms with Crippen molar-refractivity contribution in [1.82, 2.24) is 15.5 Å². The molecule has 1 saturated heterocycles. The van der Waals surface area contributed by atoms with Gasteiger partial charge in [0.15, 0.2) is 0 Å². The van der Waals surface area contributed by atoms with Crippen molar-refractivity contribution in [3.63, 3.8) is 0 Å². The number of hydrogen-bond acceptors (Lipinski definition) is 3. The van der Waals surface area contributed by atoms with Crippen LogP contribution in [-0.4, -0.2) is 50.1 Å². The van der Waals surface area contributed by atoms with E-state index in [4.69, 9.17) is 0 Å². The molecule has 0 saturated carbocycles. The van der Waals surface area contributed by atoms with E-state index < -0.39 is 0 Å². The van der Waals surface area contributed by atoms with Gasteiger partial charge in [0.1, 0.15) is 0 Å². The third-order valence-electron chi connectivity index (χ3n) is 3.31. The third kappa shape index (κ3) is 6.03. The molecule has 1 fully saturated rings. The molecule has 0 radical (unpaired) electrons. The van der Waals surface area contributed by atoms with E-state index >= 15 is 0 Å². The van der Waals surface area contributed by atoms with E-state index in [2.05, 4.69) is 29.5 Å². The van der Waals surface area contributed by atoms with Gasteiger partial charge in [-0.25, -0.2) is 0 Å².